The molecule has 2 amide bonds. The van der Waals surface area contributed by atoms with Gasteiger partial charge in [-0.3, -0.25) is 14.5 Å². The van der Waals surface area contributed by atoms with E-state index < -0.39 is 0 Å². The maximum absolute atomic E-state index is 13.6. The topological polar surface area (TPSA) is 96.1 Å². The van der Waals surface area contributed by atoms with Gasteiger partial charge in [-0.1, -0.05) is 30.3 Å². The van der Waals surface area contributed by atoms with Gasteiger partial charge in [0.25, 0.3) is 0 Å². The zero-order valence-corrected chi connectivity index (χ0v) is 18.5. The number of primary amides is 1. The van der Waals surface area contributed by atoms with Gasteiger partial charge < -0.3 is 20.5 Å². The van der Waals surface area contributed by atoms with E-state index in [-0.39, 0.29) is 29.5 Å². The highest BCUT2D eigenvalue weighted by Gasteiger charge is 2.36. The van der Waals surface area contributed by atoms with E-state index in [9.17, 15) is 14.7 Å². The lowest BCUT2D eigenvalue weighted by molar-refractivity contribution is -0.140. The maximum atomic E-state index is 13.6. The van der Waals surface area contributed by atoms with Gasteiger partial charge in [0.1, 0.15) is 0 Å². The molecule has 0 bridgehead atoms. The highest BCUT2D eigenvalue weighted by molar-refractivity contribution is 5.83. The second-order valence-corrected chi connectivity index (χ2v) is 8.63. The summed E-state index contributed by atoms with van der Waals surface area (Å²) >= 11 is 0. The molecular weight excluding hydrogens is 406 g/mol. The van der Waals surface area contributed by atoms with Gasteiger partial charge in [0.15, 0.2) is 11.5 Å². The molecule has 1 saturated heterocycles. The number of amides is 2. The monoisotopic (exact) mass is 437 g/mol. The lowest BCUT2D eigenvalue weighted by Crippen LogP contribution is -2.53. The van der Waals surface area contributed by atoms with Gasteiger partial charge in [-0.05, 0) is 55.0 Å². The van der Waals surface area contributed by atoms with Gasteiger partial charge in [0, 0.05) is 32.1 Å². The van der Waals surface area contributed by atoms with Crippen LogP contribution in [0.25, 0.3) is 0 Å². The minimum atomic E-state index is -0.278. The molecule has 2 aliphatic rings. The van der Waals surface area contributed by atoms with Crippen molar-refractivity contribution in [3.8, 4) is 11.5 Å². The molecule has 2 heterocycles. The number of rotatable bonds is 6. The molecule has 4 rings (SSSR count). The standard InChI is InChI=1S/C25H31N3O4/c1-2-32-23-13-17(7-8-22(23)29)15-28-16-20-6-4-3-5-19(20)14-21(28)25(31)27-11-9-18(10-12-27)24(26)30/h3-8,13,18,21,29H,2,9-12,14-16H2,1H3,(H2,26,30). The minimum Gasteiger partial charge on any atom is -0.504 e. The SMILES string of the molecule is CCOc1cc(CN2Cc3ccccc3CC2C(=O)N2CCC(C(N)=O)CC2)ccc1O. The molecule has 32 heavy (non-hydrogen) atoms. The van der Waals surface area contributed by atoms with Crippen molar-refractivity contribution < 1.29 is 19.4 Å². The number of ether oxygens (including phenoxy) is 1. The zero-order valence-electron chi connectivity index (χ0n) is 18.5. The maximum Gasteiger partial charge on any atom is 0.240 e. The molecule has 7 nitrogen and oxygen atoms in total. The van der Waals surface area contributed by atoms with Gasteiger partial charge in [-0.25, -0.2) is 0 Å². The van der Waals surface area contributed by atoms with Crippen LogP contribution >= 0.6 is 0 Å². The summed E-state index contributed by atoms with van der Waals surface area (Å²) in [5, 5.41) is 10.0. The first-order chi connectivity index (χ1) is 15.5. The van der Waals surface area contributed by atoms with Crippen LogP contribution in [0, 0.1) is 5.92 Å². The van der Waals surface area contributed by atoms with Crippen molar-refractivity contribution >= 4 is 11.8 Å². The first kappa shape index (κ1) is 22.1. The Bertz CT molecular complexity index is 985. The average molecular weight is 438 g/mol. The molecule has 1 fully saturated rings. The van der Waals surface area contributed by atoms with Gasteiger partial charge in [0.2, 0.25) is 11.8 Å². The molecule has 3 N–H and O–H groups in total. The van der Waals surface area contributed by atoms with Crippen molar-refractivity contribution in [1.82, 2.24) is 9.80 Å². The molecule has 0 radical (unpaired) electrons. The third-order valence-corrected chi connectivity index (χ3v) is 6.55. The third-order valence-electron chi connectivity index (χ3n) is 6.55. The number of nitrogens with zero attached hydrogens (tertiary/aromatic N) is 2. The average Bonchev–Trinajstić information content (AvgIpc) is 2.80. The summed E-state index contributed by atoms with van der Waals surface area (Å²) in [6, 6.07) is 13.3. The van der Waals surface area contributed by atoms with E-state index in [1.165, 1.54) is 11.1 Å². The van der Waals surface area contributed by atoms with E-state index in [0.717, 1.165) is 5.56 Å². The fourth-order valence-electron chi connectivity index (χ4n) is 4.74. The number of aromatic hydroxyl groups is 1. The quantitative estimate of drug-likeness (QED) is 0.724. The largest absolute Gasteiger partial charge is 0.504 e. The van der Waals surface area contributed by atoms with Gasteiger partial charge in [0.05, 0.1) is 12.6 Å². The Hall–Kier alpha value is -3.06. The van der Waals surface area contributed by atoms with E-state index in [2.05, 4.69) is 17.0 Å². The number of phenolic OH excluding ortho intramolecular Hbond substituents is 1. The number of carbonyl (C=O) groups is 2. The van der Waals surface area contributed by atoms with Crippen LogP contribution in [0.4, 0.5) is 0 Å². The van der Waals surface area contributed by atoms with E-state index in [1.54, 1.807) is 6.07 Å². The summed E-state index contributed by atoms with van der Waals surface area (Å²) < 4.78 is 5.54. The van der Waals surface area contributed by atoms with Crippen molar-refractivity contribution in [3.63, 3.8) is 0 Å². The van der Waals surface area contributed by atoms with Crippen LogP contribution in [0.3, 0.4) is 0 Å². The van der Waals surface area contributed by atoms with Crippen LogP contribution < -0.4 is 10.5 Å². The van der Waals surface area contributed by atoms with Gasteiger partial charge in [-0.2, -0.15) is 0 Å². The predicted octanol–water partition coefficient (Wildman–Crippen LogP) is 2.44. The first-order valence-electron chi connectivity index (χ1n) is 11.3. The van der Waals surface area contributed by atoms with Crippen molar-refractivity contribution in [2.75, 3.05) is 19.7 Å². The number of piperidine rings is 1. The molecular formula is C25H31N3O4. The molecule has 0 spiro atoms. The summed E-state index contributed by atoms with van der Waals surface area (Å²) in [6.45, 7) is 4.72. The third kappa shape index (κ3) is 4.72. The summed E-state index contributed by atoms with van der Waals surface area (Å²) in [7, 11) is 0. The Balaban J connectivity index is 1.55. The van der Waals surface area contributed by atoms with E-state index in [4.69, 9.17) is 10.5 Å². The normalized spacial score (nSPS) is 19.4. The summed E-state index contributed by atoms with van der Waals surface area (Å²) in [4.78, 5) is 29.2. The number of likely N-dealkylation sites (tertiary alicyclic amines) is 1. The van der Waals surface area contributed by atoms with Crippen LogP contribution in [0.1, 0.15) is 36.5 Å². The Morgan fingerprint density at radius 1 is 1.12 bits per heavy atom. The minimum absolute atomic E-state index is 0.103. The number of hydrogen-bond donors (Lipinski definition) is 2. The Morgan fingerprint density at radius 3 is 2.53 bits per heavy atom. The fourth-order valence-corrected chi connectivity index (χ4v) is 4.74. The number of benzene rings is 2. The number of hydrogen-bond acceptors (Lipinski definition) is 5. The molecule has 7 heteroatoms. The predicted molar refractivity (Wildman–Crippen MR) is 121 cm³/mol. The van der Waals surface area contributed by atoms with Crippen LogP contribution in [0.2, 0.25) is 0 Å². The number of nitrogens with two attached hydrogens (primary N) is 1. The van der Waals surface area contributed by atoms with Crippen molar-refractivity contribution in [2.45, 2.75) is 45.3 Å². The molecule has 1 atom stereocenters. The van der Waals surface area contributed by atoms with Crippen LogP contribution in [0.15, 0.2) is 42.5 Å². The Kier molecular flexibility index (Phi) is 6.65. The Morgan fingerprint density at radius 2 is 1.84 bits per heavy atom. The summed E-state index contributed by atoms with van der Waals surface area (Å²) in [6.07, 6.45) is 1.90. The van der Waals surface area contributed by atoms with Crippen LogP contribution in [-0.4, -0.2) is 52.5 Å². The molecule has 1 unspecified atom stereocenters. The van der Waals surface area contributed by atoms with Crippen LogP contribution in [-0.2, 0) is 29.1 Å². The van der Waals surface area contributed by atoms with Crippen molar-refractivity contribution in [2.24, 2.45) is 11.7 Å². The number of phenols is 1. The first-order valence-corrected chi connectivity index (χ1v) is 11.3. The van der Waals surface area contributed by atoms with Crippen LogP contribution in [0.5, 0.6) is 11.5 Å². The lowest BCUT2D eigenvalue weighted by Gasteiger charge is -2.40. The number of carbonyl (C=O) groups excluding carboxylic acids is 2. The highest BCUT2D eigenvalue weighted by Crippen LogP contribution is 2.31. The molecule has 0 saturated carbocycles. The Labute approximate surface area is 188 Å². The van der Waals surface area contributed by atoms with Gasteiger partial charge in [-0.15, -0.1) is 0 Å². The van der Waals surface area contributed by atoms with Crippen molar-refractivity contribution in [1.29, 1.82) is 0 Å². The highest BCUT2D eigenvalue weighted by atomic mass is 16.5. The van der Waals surface area contributed by atoms with Crippen molar-refractivity contribution in [3.05, 3.63) is 59.2 Å². The summed E-state index contributed by atoms with van der Waals surface area (Å²) in [5.41, 5.74) is 8.87. The van der Waals surface area contributed by atoms with Gasteiger partial charge >= 0.3 is 0 Å². The van der Waals surface area contributed by atoms with E-state index in [1.807, 2.05) is 36.1 Å². The molecule has 170 valence electrons. The number of fused-ring (bicyclic) bond motifs is 1. The second-order valence-electron chi connectivity index (χ2n) is 8.63. The van der Waals surface area contributed by atoms with E-state index in [0.29, 0.717) is 57.8 Å². The smallest absolute Gasteiger partial charge is 0.240 e. The molecule has 2 aliphatic heterocycles. The second kappa shape index (κ2) is 9.61. The molecule has 2 aromatic carbocycles. The fraction of sp³-hybridized carbons (Fsp3) is 0.440. The zero-order chi connectivity index (χ0) is 22.7. The molecule has 2 aromatic rings. The summed E-state index contributed by atoms with van der Waals surface area (Å²) in [5.74, 6) is 0.258. The molecule has 0 aliphatic carbocycles. The van der Waals surface area contributed by atoms with E-state index >= 15 is 0 Å². The lowest BCUT2D eigenvalue weighted by atomic mass is 9.91. The molecule has 0 aromatic heterocycles.